The molecule has 0 atom stereocenters. The van der Waals surface area contributed by atoms with Crippen LogP contribution in [0.5, 0.6) is 11.5 Å². The largest absolute Gasteiger partial charge is 0.497 e. The van der Waals surface area contributed by atoms with Crippen LogP contribution < -0.4 is 14.8 Å². The van der Waals surface area contributed by atoms with Gasteiger partial charge in [0.15, 0.2) is 0 Å². The van der Waals surface area contributed by atoms with E-state index < -0.39 is 0 Å². The lowest BCUT2D eigenvalue weighted by Crippen LogP contribution is -2.06. The van der Waals surface area contributed by atoms with Gasteiger partial charge in [-0.05, 0) is 19.2 Å². The number of nitrogens with one attached hydrogen (secondary N) is 2. The second-order valence-corrected chi connectivity index (χ2v) is 3.84. The standard InChI is InChI=1S/C13H17N3O2/c1-14-8-13-15-7-11(16-13)10-5-4-9(17-2)6-12(10)18-3/h4-7,14H,8H2,1-3H3,(H,15,16). The number of imidazole rings is 1. The number of nitrogens with zero attached hydrogens (tertiary/aromatic N) is 1. The predicted octanol–water partition coefficient (Wildman–Crippen LogP) is 1.81. The van der Waals surface area contributed by atoms with Crippen LogP contribution in [0.25, 0.3) is 11.3 Å². The number of aromatic amines is 1. The summed E-state index contributed by atoms with van der Waals surface area (Å²) in [5, 5.41) is 3.05. The Hall–Kier alpha value is -2.01. The van der Waals surface area contributed by atoms with E-state index in [0.29, 0.717) is 6.54 Å². The topological polar surface area (TPSA) is 59.2 Å². The van der Waals surface area contributed by atoms with Crippen LogP contribution in [-0.4, -0.2) is 31.2 Å². The maximum absolute atomic E-state index is 5.37. The van der Waals surface area contributed by atoms with E-state index in [-0.39, 0.29) is 0 Å². The van der Waals surface area contributed by atoms with Gasteiger partial charge in [0.05, 0.1) is 32.7 Å². The molecule has 0 radical (unpaired) electrons. The third-order valence-corrected chi connectivity index (χ3v) is 2.67. The van der Waals surface area contributed by atoms with E-state index in [0.717, 1.165) is 28.6 Å². The van der Waals surface area contributed by atoms with Gasteiger partial charge in [-0.2, -0.15) is 0 Å². The van der Waals surface area contributed by atoms with Gasteiger partial charge in [-0.3, -0.25) is 0 Å². The number of benzene rings is 1. The molecule has 0 aliphatic carbocycles. The highest BCUT2D eigenvalue weighted by Crippen LogP contribution is 2.32. The van der Waals surface area contributed by atoms with Crippen LogP contribution in [0, 0.1) is 0 Å². The number of hydrogen-bond donors (Lipinski definition) is 2. The van der Waals surface area contributed by atoms with Gasteiger partial charge in [-0.15, -0.1) is 0 Å². The SMILES string of the molecule is CNCc1ncc(-c2ccc(OC)cc2OC)[nH]1. The molecule has 0 unspecified atom stereocenters. The van der Waals surface area contributed by atoms with Crippen molar-refractivity contribution in [2.45, 2.75) is 6.54 Å². The van der Waals surface area contributed by atoms with E-state index in [9.17, 15) is 0 Å². The van der Waals surface area contributed by atoms with Crippen LogP contribution in [0.1, 0.15) is 5.82 Å². The lowest BCUT2D eigenvalue weighted by atomic mass is 10.1. The first-order valence-corrected chi connectivity index (χ1v) is 5.69. The van der Waals surface area contributed by atoms with Crippen molar-refractivity contribution in [3.63, 3.8) is 0 Å². The molecule has 0 saturated heterocycles. The summed E-state index contributed by atoms with van der Waals surface area (Å²) >= 11 is 0. The van der Waals surface area contributed by atoms with E-state index in [1.807, 2.05) is 25.2 Å². The van der Waals surface area contributed by atoms with Gasteiger partial charge < -0.3 is 19.8 Å². The summed E-state index contributed by atoms with van der Waals surface area (Å²) in [6, 6.07) is 5.71. The first-order chi connectivity index (χ1) is 8.78. The Morgan fingerprint density at radius 2 is 2.11 bits per heavy atom. The summed E-state index contributed by atoms with van der Waals surface area (Å²) < 4.78 is 10.5. The van der Waals surface area contributed by atoms with Crippen LogP contribution in [0.4, 0.5) is 0 Å². The monoisotopic (exact) mass is 247 g/mol. The maximum Gasteiger partial charge on any atom is 0.131 e. The quantitative estimate of drug-likeness (QED) is 0.846. The molecule has 0 aliphatic rings. The molecule has 0 fully saturated rings. The zero-order valence-corrected chi connectivity index (χ0v) is 10.8. The van der Waals surface area contributed by atoms with E-state index in [4.69, 9.17) is 9.47 Å². The molecule has 2 aromatic rings. The average Bonchev–Trinajstić information content (AvgIpc) is 2.87. The summed E-state index contributed by atoms with van der Waals surface area (Å²) in [5.74, 6) is 2.42. The van der Waals surface area contributed by atoms with Crippen molar-refractivity contribution in [3.8, 4) is 22.8 Å². The zero-order chi connectivity index (χ0) is 13.0. The summed E-state index contributed by atoms with van der Waals surface area (Å²) in [7, 11) is 5.16. The molecular formula is C13H17N3O2. The van der Waals surface area contributed by atoms with Gasteiger partial charge in [0.25, 0.3) is 0 Å². The zero-order valence-electron chi connectivity index (χ0n) is 10.8. The number of methoxy groups -OCH3 is 2. The van der Waals surface area contributed by atoms with Crippen LogP contribution >= 0.6 is 0 Å². The summed E-state index contributed by atoms with van der Waals surface area (Å²) in [4.78, 5) is 7.54. The van der Waals surface area contributed by atoms with Gasteiger partial charge in [-0.1, -0.05) is 0 Å². The minimum atomic E-state index is 0.707. The second-order valence-electron chi connectivity index (χ2n) is 3.84. The number of ether oxygens (including phenoxy) is 2. The van der Waals surface area contributed by atoms with Crippen LogP contribution in [0.15, 0.2) is 24.4 Å². The Bertz CT molecular complexity index is 523. The summed E-state index contributed by atoms with van der Waals surface area (Å²) in [5.41, 5.74) is 1.90. The predicted molar refractivity (Wildman–Crippen MR) is 69.9 cm³/mol. The fourth-order valence-corrected chi connectivity index (χ4v) is 1.78. The fourth-order valence-electron chi connectivity index (χ4n) is 1.78. The first-order valence-electron chi connectivity index (χ1n) is 5.69. The molecule has 0 spiro atoms. The Morgan fingerprint density at radius 3 is 2.78 bits per heavy atom. The van der Waals surface area contributed by atoms with E-state index in [1.54, 1.807) is 20.4 Å². The van der Waals surface area contributed by atoms with Crippen LogP contribution in [-0.2, 0) is 6.54 Å². The smallest absolute Gasteiger partial charge is 0.131 e. The third-order valence-electron chi connectivity index (χ3n) is 2.67. The second kappa shape index (κ2) is 5.55. The minimum absolute atomic E-state index is 0.707. The van der Waals surface area contributed by atoms with Gasteiger partial charge in [-0.25, -0.2) is 4.98 Å². The molecule has 1 aromatic heterocycles. The molecule has 2 rings (SSSR count). The van der Waals surface area contributed by atoms with Crippen LogP contribution in [0.3, 0.4) is 0 Å². The van der Waals surface area contributed by atoms with E-state index in [2.05, 4.69) is 15.3 Å². The number of aromatic nitrogens is 2. The highest BCUT2D eigenvalue weighted by molar-refractivity contribution is 5.68. The average molecular weight is 247 g/mol. The van der Waals surface area contributed by atoms with Crippen molar-refractivity contribution >= 4 is 0 Å². The Balaban J connectivity index is 2.36. The highest BCUT2D eigenvalue weighted by Gasteiger charge is 2.10. The van der Waals surface area contributed by atoms with E-state index >= 15 is 0 Å². The van der Waals surface area contributed by atoms with Crippen molar-refractivity contribution in [1.29, 1.82) is 0 Å². The lowest BCUT2D eigenvalue weighted by molar-refractivity contribution is 0.395. The van der Waals surface area contributed by atoms with Gasteiger partial charge >= 0.3 is 0 Å². The molecule has 18 heavy (non-hydrogen) atoms. The highest BCUT2D eigenvalue weighted by atomic mass is 16.5. The Labute approximate surface area is 106 Å². The minimum Gasteiger partial charge on any atom is -0.497 e. The third kappa shape index (κ3) is 2.46. The Kier molecular flexibility index (Phi) is 3.84. The molecular weight excluding hydrogens is 230 g/mol. The fraction of sp³-hybridized carbons (Fsp3) is 0.308. The molecule has 5 heteroatoms. The number of H-pyrrole nitrogens is 1. The van der Waals surface area contributed by atoms with Crippen molar-refractivity contribution in [2.75, 3.05) is 21.3 Å². The van der Waals surface area contributed by atoms with Crippen LogP contribution in [0.2, 0.25) is 0 Å². The normalized spacial score (nSPS) is 10.4. The molecule has 96 valence electrons. The molecule has 1 aromatic carbocycles. The van der Waals surface area contributed by atoms with Gasteiger partial charge in [0, 0.05) is 11.6 Å². The van der Waals surface area contributed by atoms with E-state index in [1.165, 1.54) is 0 Å². The maximum atomic E-state index is 5.37. The first kappa shape index (κ1) is 12.4. The van der Waals surface area contributed by atoms with Gasteiger partial charge in [0.1, 0.15) is 17.3 Å². The molecule has 1 heterocycles. The molecule has 0 saturated carbocycles. The lowest BCUT2D eigenvalue weighted by Gasteiger charge is -2.08. The molecule has 2 N–H and O–H groups in total. The Morgan fingerprint density at radius 1 is 1.28 bits per heavy atom. The van der Waals surface area contributed by atoms with Crippen molar-refractivity contribution in [3.05, 3.63) is 30.2 Å². The number of rotatable bonds is 5. The van der Waals surface area contributed by atoms with Gasteiger partial charge in [0.2, 0.25) is 0 Å². The van der Waals surface area contributed by atoms with Crippen molar-refractivity contribution in [2.24, 2.45) is 0 Å². The molecule has 0 amide bonds. The van der Waals surface area contributed by atoms with Crippen molar-refractivity contribution < 1.29 is 9.47 Å². The van der Waals surface area contributed by atoms with Crippen molar-refractivity contribution in [1.82, 2.24) is 15.3 Å². The summed E-state index contributed by atoms with van der Waals surface area (Å²) in [6.45, 7) is 0.707. The molecule has 0 aliphatic heterocycles. The molecule has 0 bridgehead atoms. The number of hydrogen-bond acceptors (Lipinski definition) is 4. The molecule has 5 nitrogen and oxygen atoms in total. The summed E-state index contributed by atoms with van der Waals surface area (Å²) in [6.07, 6.45) is 1.80.